The van der Waals surface area contributed by atoms with Crippen molar-refractivity contribution in [2.24, 2.45) is 0 Å². The highest BCUT2D eigenvalue weighted by Gasteiger charge is 2.19. The van der Waals surface area contributed by atoms with Crippen LogP contribution in [0.4, 0.5) is 0 Å². The van der Waals surface area contributed by atoms with E-state index in [1.165, 1.54) is 51.0 Å². The number of rotatable bonds is 14. The van der Waals surface area contributed by atoms with Gasteiger partial charge in [0.25, 0.3) is 0 Å². The minimum Gasteiger partial charge on any atom is -0.404 e. The third-order valence-electron chi connectivity index (χ3n) is 3.03. The van der Waals surface area contributed by atoms with Gasteiger partial charge >= 0.3 is 7.82 Å². The first kappa shape index (κ1) is 20.3. The second-order valence-electron chi connectivity index (χ2n) is 5.12. The molecule has 0 bridgehead atoms. The summed E-state index contributed by atoms with van der Waals surface area (Å²) in [6.45, 7) is 4.32. The lowest BCUT2D eigenvalue weighted by Crippen LogP contribution is -1.84. The summed E-state index contributed by atoms with van der Waals surface area (Å²) in [7, 11) is -3.99. The molecule has 0 fully saturated rings. The maximum atomic E-state index is 11.5. The third kappa shape index (κ3) is 15.5. The summed E-state index contributed by atoms with van der Waals surface area (Å²) in [5, 5.41) is 0. The van der Waals surface area contributed by atoms with Gasteiger partial charge in [-0.25, -0.2) is 4.57 Å². The zero-order valence-corrected chi connectivity index (χ0v) is 14.4. The second-order valence-corrected chi connectivity index (χ2v) is 6.48. The zero-order chi connectivity index (χ0) is 15.8. The first-order valence-corrected chi connectivity index (χ1v) is 9.61. The molecule has 0 aromatic rings. The maximum absolute atomic E-state index is 11.5. The van der Waals surface area contributed by atoms with Gasteiger partial charge < -0.3 is 9.05 Å². The highest BCUT2D eigenvalue weighted by Crippen LogP contribution is 2.43. The maximum Gasteiger partial charge on any atom is 0.583 e. The van der Waals surface area contributed by atoms with Crippen LogP contribution >= 0.6 is 7.82 Å². The van der Waals surface area contributed by atoms with E-state index in [2.05, 4.69) is 13.8 Å². The van der Waals surface area contributed by atoms with E-state index in [9.17, 15) is 9.46 Å². The van der Waals surface area contributed by atoms with Crippen LogP contribution in [0.15, 0.2) is 24.7 Å². The molecular formula is C16H31O4P. The molecule has 21 heavy (non-hydrogen) atoms. The molecule has 0 radical (unpaired) electrons. The van der Waals surface area contributed by atoms with E-state index in [1.807, 2.05) is 0 Å². The fraction of sp³-hybridized carbons (Fsp3) is 0.750. The van der Waals surface area contributed by atoms with Crippen molar-refractivity contribution >= 4 is 7.82 Å². The molecule has 0 aromatic heterocycles. The van der Waals surface area contributed by atoms with Crippen LogP contribution in [-0.2, 0) is 13.6 Å². The van der Waals surface area contributed by atoms with Gasteiger partial charge in [-0.3, -0.25) is 4.89 Å². The van der Waals surface area contributed by atoms with Gasteiger partial charge in [-0.05, 0) is 37.8 Å². The normalized spacial score (nSPS) is 12.3. The van der Waals surface area contributed by atoms with Gasteiger partial charge in [0.05, 0.1) is 12.5 Å². The molecule has 1 N–H and O–H groups in total. The molecule has 0 saturated heterocycles. The second kappa shape index (κ2) is 14.2. The summed E-state index contributed by atoms with van der Waals surface area (Å²) in [4.78, 5) is 9.40. The summed E-state index contributed by atoms with van der Waals surface area (Å²) >= 11 is 0. The smallest absolute Gasteiger partial charge is 0.404 e. The van der Waals surface area contributed by atoms with Crippen molar-refractivity contribution in [3.05, 3.63) is 24.7 Å². The molecule has 0 aliphatic carbocycles. The van der Waals surface area contributed by atoms with Crippen LogP contribution in [-0.4, -0.2) is 4.89 Å². The molecule has 0 aliphatic heterocycles. The Kier molecular flexibility index (Phi) is 13.7. The molecule has 5 heteroatoms. The number of hydrogen-bond acceptors (Lipinski definition) is 3. The fourth-order valence-electron chi connectivity index (χ4n) is 1.78. The molecule has 0 aromatic carbocycles. The predicted molar refractivity (Wildman–Crippen MR) is 87.8 cm³/mol. The van der Waals surface area contributed by atoms with E-state index in [0.717, 1.165) is 25.7 Å². The molecule has 4 nitrogen and oxygen atoms in total. The van der Waals surface area contributed by atoms with Crippen LogP contribution in [0.2, 0.25) is 0 Å². The Hall–Kier alpha value is -0.730. The lowest BCUT2D eigenvalue weighted by atomic mass is 10.2. The van der Waals surface area contributed by atoms with Gasteiger partial charge in [-0.15, -0.1) is 0 Å². The van der Waals surface area contributed by atoms with Crippen LogP contribution in [0.25, 0.3) is 0 Å². The molecule has 124 valence electrons. The van der Waals surface area contributed by atoms with Gasteiger partial charge in [-0.1, -0.05) is 52.4 Å². The van der Waals surface area contributed by atoms with Crippen molar-refractivity contribution in [2.75, 3.05) is 0 Å². The molecule has 0 atom stereocenters. The third-order valence-corrected chi connectivity index (χ3v) is 3.81. The summed E-state index contributed by atoms with van der Waals surface area (Å²) in [5.74, 6) is 0. The molecule has 0 saturated carbocycles. The van der Waals surface area contributed by atoms with E-state index in [1.54, 1.807) is 12.2 Å². The first-order chi connectivity index (χ1) is 10.1. The van der Waals surface area contributed by atoms with Gasteiger partial charge in [0.15, 0.2) is 0 Å². The summed E-state index contributed by atoms with van der Waals surface area (Å²) in [6.07, 6.45) is 17.1. The fourth-order valence-corrected chi connectivity index (χ4v) is 2.31. The Labute approximate surface area is 129 Å². The van der Waals surface area contributed by atoms with Crippen LogP contribution in [0.1, 0.15) is 78.1 Å². The van der Waals surface area contributed by atoms with Crippen LogP contribution in [0, 0.1) is 0 Å². The van der Waals surface area contributed by atoms with Crippen LogP contribution < -0.4 is 0 Å². The Morgan fingerprint density at radius 1 is 0.810 bits per heavy atom. The number of hydrogen-bond donors (Lipinski definition) is 1. The predicted octanol–water partition coefficient (Wildman–Crippen LogP) is 6.09. The average Bonchev–Trinajstić information content (AvgIpc) is 2.45. The van der Waals surface area contributed by atoms with Crippen molar-refractivity contribution in [3.63, 3.8) is 0 Å². The van der Waals surface area contributed by atoms with E-state index in [4.69, 9.17) is 9.05 Å². The van der Waals surface area contributed by atoms with Crippen molar-refractivity contribution in [1.29, 1.82) is 0 Å². The summed E-state index contributed by atoms with van der Waals surface area (Å²) in [6, 6.07) is 0. The minimum absolute atomic E-state index is 0.854. The standard InChI is InChI=1S/C16H31O4P/c1-3-5-7-9-11-13-15-19-21(17,18)20-16-14-12-10-8-6-4-2/h13-16H,3-12H2,1-2H3,(H,17,18)/b15-13+,16-14+. The first-order valence-electron chi connectivity index (χ1n) is 8.12. The van der Waals surface area contributed by atoms with E-state index >= 15 is 0 Å². The Morgan fingerprint density at radius 3 is 1.62 bits per heavy atom. The van der Waals surface area contributed by atoms with Gasteiger partial charge in [-0.2, -0.15) is 0 Å². The number of phosphoric ester groups is 1. The van der Waals surface area contributed by atoms with Crippen molar-refractivity contribution in [2.45, 2.75) is 78.1 Å². The van der Waals surface area contributed by atoms with E-state index in [0.29, 0.717) is 0 Å². The molecule has 0 aliphatic rings. The monoisotopic (exact) mass is 318 g/mol. The van der Waals surface area contributed by atoms with Crippen LogP contribution in [0.5, 0.6) is 0 Å². The van der Waals surface area contributed by atoms with Gasteiger partial charge in [0.2, 0.25) is 0 Å². The quantitative estimate of drug-likeness (QED) is 0.239. The highest BCUT2D eigenvalue weighted by molar-refractivity contribution is 7.47. The number of phosphoric acid groups is 1. The molecule has 0 heterocycles. The average molecular weight is 318 g/mol. The van der Waals surface area contributed by atoms with Crippen LogP contribution in [0.3, 0.4) is 0 Å². The van der Waals surface area contributed by atoms with Gasteiger partial charge in [0.1, 0.15) is 0 Å². The molecule has 0 amide bonds. The van der Waals surface area contributed by atoms with Crippen molar-refractivity contribution in [3.8, 4) is 0 Å². The van der Waals surface area contributed by atoms with Crippen molar-refractivity contribution < 1.29 is 18.5 Å². The van der Waals surface area contributed by atoms with Crippen molar-refractivity contribution in [1.82, 2.24) is 0 Å². The van der Waals surface area contributed by atoms with Gasteiger partial charge in [0, 0.05) is 0 Å². The minimum atomic E-state index is -3.99. The zero-order valence-electron chi connectivity index (χ0n) is 13.5. The molecule has 0 rings (SSSR count). The lowest BCUT2D eigenvalue weighted by Gasteiger charge is -2.07. The van der Waals surface area contributed by atoms with E-state index < -0.39 is 7.82 Å². The topological polar surface area (TPSA) is 55.8 Å². The Bertz CT molecular complexity index is 298. The number of allylic oxidation sites excluding steroid dienone is 2. The largest absolute Gasteiger partial charge is 0.583 e. The summed E-state index contributed by atoms with van der Waals surface area (Å²) < 4.78 is 21.0. The molecule has 0 unspecified atom stereocenters. The SMILES string of the molecule is CCCCCC/C=C/OP(=O)(O)O/C=C/CCCCCC. The molecular weight excluding hydrogens is 287 g/mol. The van der Waals surface area contributed by atoms with E-state index in [-0.39, 0.29) is 0 Å². The Balaban J connectivity index is 3.65. The molecule has 0 spiro atoms. The lowest BCUT2D eigenvalue weighted by molar-refractivity contribution is 0.243. The number of unbranched alkanes of at least 4 members (excludes halogenated alkanes) is 8. The highest BCUT2D eigenvalue weighted by atomic mass is 31.2. The summed E-state index contributed by atoms with van der Waals surface area (Å²) in [5.41, 5.74) is 0. The Morgan fingerprint density at radius 2 is 1.24 bits per heavy atom.